The Morgan fingerprint density at radius 2 is 1.72 bits per heavy atom. The Labute approximate surface area is 222 Å². The van der Waals surface area contributed by atoms with Gasteiger partial charge in [-0.05, 0) is 75.5 Å². The molecule has 0 radical (unpaired) electrons. The van der Waals surface area contributed by atoms with Crippen molar-refractivity contribution in [3.05, 3.63) is 75.5 Å². The fraction of sp³-hybridized carbons (Fsp3) is 0.500. The van der Waals surface area contributed by atoms with Crippen molar-refractivity contribution in [1.82, 2.24) is 4.90 Å². The highest BCUT2D eigenvalue weighted by Gasteiger charge is 2.56. The Balaban J connectivity index is 3.12. The standard InChI is InChI=1S/C28H40BrF3N2O2/c1-8-34(7)12-11-19(2)13-20(3)14-21(4)15-23(33)17-27(36,28(30,31)32)18-26(5,6)24-16-22(29)9-10-25(24)35/h9-10,13-16,35-36H,2,8,11-12,17-18,33H2,1,3-7H3/b20-13-,21-14+,23-15-. The van der Waals surface area contributed by atoms with Crippen LogP contribution in [0.25, 0.3) is 0 Å². The van der Waals surface area contributed by atoms with Crippen molar-refractivity contribution >= 4 is 15.9 Å². The van der Waals surface area contributed by atoms with Crippen LogP contribution in [0.15, 0.2) is 69.9 Å². The quantitative estimate of drug-likeness (QED) is 0.233. The Morgan fingerprint density at radius 1 is 1.14 bits per heavy atom. The van der Waals surface area contributed by atoms with Gasteiger partial charge in [-0.1, -0.05) is 66.6 Å². The van der Waals surface area contributed by atoms with Gasteiger partial charge in [0.15, 0.2) is 5.60 Å². The van der Waals surface area contributed by atoms with E-state index >= 15 is 0 Å². The van der Waals surface area contributed by atoms with Gasteiger partial charge in [0.25, 0.3) is 0 Å². The maximum absolute atomic E-state index is 14.1. The highest BCUT2D eigenvalue weighted by atomic mass is 79.9. The topological polar surface area (TPSA) is 69.7 Å². The molecule has 1 aromatic carbocycles. The van der Waals surface area contributed by atoms with Gasteiger partial charge in [-0.3, -0.25) is 0 Å². The Kier molecular flexibility index (Phi) is 11.5. The van der Waals surface area contributed by atoms with E-state index in [0.29, 0.717) is 15.6 Å². The van der Waals surface area contributed by atoms with Crippen LogP contribution in [-0.2, 0) is 5.41 Å². The molecule has 0 fully saturated rings. The highest BCUT2D eigenvalue weighted by molar-refractivity contribution is 9.10. The molecular formula is C28H40BrF3N2O2. The molecule has 0 bridgehead atoms. The van der Waals surface area contributed by atoms with Crippen LogP contribution < -0.4 is 5.73 Å². The van der Waals surface area contributed by atoms with E-state index in [2.05, 4.69) is 34.3 Å². The first-order valence-corrected chi connectivity index (χ1v) is 12.7. The minimum Gasteiger partial charge on any atom is -0.508 e. The largest absolute Gasteiger partial charge is 0.508 e. The van der Waals surface area contributed by atoms with Crippen molar-refractivity contribution < 1.29 is 23.4 Å². The monoisotopic (exact) mass is 572 g/mol. The molecule has 0 saturated carbocycles. The average Bonchev–Trinajstić information content (AvgIpc) is 2.71. The molecule has 4 N–H and O–H groups in total. The van der Waals surface area contributed by atoms with Crippen molar-refractivity contribution in [2.24, 2.45) is 5.73 Å². The van der Waals surface area contributed by atoms with Gasteiger partial charge in [-0.15, -0.1) is 0 Å². The van der Waals surface area contributed by atoms with Crippen LogP contribution >= 0.6 is 15.9 Å². The number of hydrogen-bond acceptors (Lipinski definition) is 4. The number of aromatic hydroxyl groups is 1. The predicted octanol–water partition coefficient (Wildman–Crippen LogP) is 7.14. The lowest BCUT2D eigenvalue weighted by Crippen LogP contribution is -2.50. The summed E-state index contributed by atoms with van der Waals surface area (Å²) in [4.78, 5) is 2.18. The van der Waals surface area contributed by atoms with E-state index in [1.165, 1.54) is 12.1 Å². The molecular weight excluding hydrogens is 533 g/mol. The third-order valence-electron chi connectivity index (χ3n) is 6.10. The number of benzene rings is 1. The molecule has 0 aliphatic carbocycles. The molecule has 0 amide bonds. The second-order valence-corrected chi connectivity index (χ2v) is 11.1. The molecule has 0 heterocycles. The summed E-state index contributed by atoms with van der Waals surface area (Å²) in [6, 6.07) is 4.56. The number of halogens is 4. The number of allylic oxidation sites excluding steroid dienone is 5. The number of hydrogen-bond donors (Lipinski definition) is 3. The Morgan fingerprint density at radius 3 is 2.28 bits per heavy atom. The van der Waals surface area contributed by atoms with Crippen LogP contribution in [0.4, 0.5) is 13.2 Å². The lowest BCUT2D eigenvalue weighted by atomic mass is 9.73. The number of rotatable bonds is 12. The van der Waals surface area contributed by atoms with Gasteiger partial charge < -0.3 is 20.8 Å². The fourth-order valence-corrected chi connectivity index (χ4v) is 4.51. The molecule has 1 aromatic rings. The van der Waals surface area contributed by atoms with Crippen molar-refractivity contribution in [3.63, 3.8) is 0 Å². The van der Waals surface area contributed by atoms with Crippen LogP contribution in [0.5, 0.6) is 5.75 Å². The van der Waals surface area contributed by atoms with Crippen molar-refractivity contribution in [2.75, 3.05) is 20.1 Å². The molecule has 1 atom stereocenters. The lowest BCUT2D eigenvalue weighted by Gasteiger charge is -2.38. The second-order valence-electron chi connectivity index (χ2n) is 10.2. The van der Waals surface area contributed by atoms with Crippen LogP contribution in [0, 0.1) is 0 Å². The first kappa shape index (κ1) is 32.0. The normalized spacial score (nSPS) is 15.8. The van der Waals surface area contributed by atoms with E-state index in [1.807, 2.05) is 26.1 Å². The number of alkyl halides is 3. The number of nitrogens with zero attached hydrogens (tertiary/aromatic N) is 1. The number of phenolic OH excluding ortho intramolecular Hbond substituents is 1. The summed E-state index contributed by atoms with van der Waals surface area (Å²) in [5.74, 6) is -0.139. The minimum atomic E-state index is -4.93. The molecule has 0 spiro atoms. The van der Waals surface area contributed by atoms with Crippen molar-refractivity contribution in [2.45, 2.75) is 71.1 Å². The van der Waals surface area contributed by atoms with Gasteiger partial charge in [-0.25, -0.2) is 0 Å². The molecule has 4 nitrogen and oxygen atoms in total. The molecule has 1 rings (SSSR count). The average molecular weight is 574 g/mol. The van der Waals surface area contributed by atoms with Crippen molar-refractivity contribution in [3.8, 4) is 5.75 Å². The first-order valence-electron chi connectivity index (χ1n) is 11.9. The summed E-state index contributed by atoms with van der Waals surface area (Å²) in [7, 11) is 2.03. The summed E-state index contributed by atoms with van der Waals surface area (Å²) in [6.45, 7) is 14.7. The molecule has 0 saturated heterocycles. The van der Waals surface area contributed by atoms with Gasteiger partial charge in [0, 0.05) is 28.7 Å². The molecule has 0 aliphatic heterocycles. The van der Waals surface area contributed by atoms with Gasteiger partial charge >= 0.3 is 6.18 Å². The number of nitrogens with two attached hydrogens (primary N) is 1. The minimum absolute atomic E-state index is 0.0889. The van der Waals surface area contributed by atoms with E-state index in [4.69, 9.17) is 5.73 Å². The predicted molar refractivity (Wildman–Crippen MR) is 146 cm³/mol. The lowest BCUT2D eigenvalue weighted by molar-refractivity contribution is -0.266. The zero-order valence-corrected chi connectivity index (χ0v) is 23.7. The van der Waals surface area contributed by atoms with E-state index in [-0.39, 0.29) is 11.4 Å². The number of aliphatic hydroxyl groups is 1. The van der Waals surface area contributed by atoms with Crippen LogP contribution in [0.3, 0.4) is 0 Å². The third-order valence-corrected chi connectivity index (χ3v) is 6.59. The molecule has 202 valence electrons. The summed E-state index contributed by atoms with van der Waals surface area (Å²) in [5, 5.41) is 21.1. The van der Waals surface area contributed by atoms with Gasteiger partial charge in [-0.2, -0.15) is 13.2 Å². The van der Waals surface area contributed by atoms with Crippen LogP contribution in [0.1, 0.15) is 59.4 Å². The van der Waals surface area contributed by atoms with Gasteiger partial charge in [0.05, 0.1) is 0 Å². The third kappa shape index (κ3) is 9.79. The summed E-state index contributed by atoms with van der Waals surface area (Å²) < 4.78 is 42.9. The zero-order valence-electron chi connectivity index (χ0n) is 22.1. The molecule has 36 heavy (non-hydrogen) atoms. The maximum Gasteiger partial charge on any atom is 0.417 e. The van der Waals surface area contributed by atoms with Crippen LogP contribution in [-0.4, -0.2) is 47.0 Å². The van der Waals surface area contributed by atoms with E-state index in [0.717, 1.165) is 30.7 Å². The molecule has 0 aliphatic rings. The number of phenols is 1. The smallest absolute Gasteiger partial charge is 0.417 e. The van der Waals surface area contributed by atoms with E-state index < -0.39 is 30.0 Å². The van der Waals surface area contributed by atoms with E-state index in [9.17, 15) is 23.4 Å². The second kappa shape index (κ2) is 13.0. The van der Waals surface area contributed by atoms with Crippen molar-refractivity contribution in [1.29, 1.82) is 0 Å². The summed E-state index contributed by atoms with van der Waals surface area (Å²) in [5.41, 5.74) is 4.44. The van der Waals surface area contributed by atoms with E-state index in [1.54, 1.807) is 32.9 Å². The molecule has 8 heteroatoms. The summed E-state index contributed by atoms with van der Waals surface area (Å²) in [6.07, 6.45) is -0.386. The zero-order chi connectivity index (χ0) is 27.9. The van der Waals surface area contributed by atoms with Gasteiger partial charge in [0.2, 0.25) is 0 Å². The molecule has 0 aromatic heterocycles. The fourth-order valence-electron chi connectivity index (χ4n) is 4.15. The Bertz CT molecular complexity index is 1010. The maximum atomic E-state index is 14.1. The highest BCUT2D eigenvalue weighted by Crippen LogP contribution is 2.46. The van der Waals surface area contributed by atoms with Gasteiger partial charge in [0.1, 0.15) is 5.75 Å². The first-order chi connectivity index (χ1) is 16.4. The molecule has 1 unspecified atom stereocenters. The van der Waals surface area contributed by atoms with Crippen LogP contribution in [0.2, 0.25) is 0 Å². The Hall–Kier alpha value is -2.03. The summed E-state index contributed by atoms with van der Waals surface area (Å²) >= 11 is 3.28. The SMILES string of the molecule is C=C(\C=C(C)/C=C(C)/C=C(\N)CC(O)(CC(C)(C)c1cc(Br)ccc1O)C(F)(F)F)CCN(C)CC.